The molecule has 6 heteroatoms. The van der Waals surface area contributed by atoms with E-state index < -0.39 is 0 Å². The van der Waals surface area contributed by atoms with Crippen molar-refractivity contribution < 1.29 is 0 Å². The molecular formula is C13H24IN5. The van der Waals surface area contributed by atoms with Gasteiger partial charge in [-0.15, -0.1) is 24.0 Å². The molecule has 0 saturated heterocycles. The molecule has 1 fully saturated rings. The Balaban J connectivity index is 0.00000180. The summed E-state index contributed by atoms with van der Waals surface area (Å²) in [5.74, 6) is 0.585. The summed E-state index contributed by atoms with van der Waals surface area (Å²) in [6.07, 6.45) is 13.3. The summed E-state index contributed by atoms with van der Waals surface area (Å²) < 4.78 is 2.00. The number of nitrogens with two attached hydrogens (primary N) is 1. The molecule has 1 aromatic rings. The molecule has 0 spiro atoms. The molecule has 1 heterocycles. The van der Waals surface area contributed by atoms with Crippen LogP contribution in [0.4, 0.5) is 0 Å². The molecule has 108 valence electrons. The van der Waals surface area contributed by atoms with Gasteiger partial charge in [-0.05, 0) is 12.8 Å². The van der Waals surface area contributed by atoms with Crippen LogP contribution in [0.15, 0.2) is 23.7 Å². The van der Waals surface area contributed by atoms with E-state index in [0.717, 1.165) is 6.54 Å². The number of rotatable bonds is 4. The number of nitrogens with zero attached hydrogens (tertiary/aromatic N) is 3. The Kier molecular flexibility index (Phi) is 7.85. The number of nitrogens with one attached hydrogen (secondary N) is 1. The number of halogens is 1. The number of hydrogen-bond acceptors (Lipinski definition) is 2. The molecule has 0 aromatic carbocycles. The highest BCUT2D eigenvalue weighted by Gasteiger charge is 2.11. The van der Waals surface area contributed by atoms with Gasteiger partial charge in [0.1, 0.15) is 0 Å². The minimum Gasteiger partial charge on any atom is -0.370 e. The van der Waals surface area contributed by atoms with Crippen molar-refractivity contribution >= 4 is 29.9 Å². The van der Waals surface area contributed by atoms with E-state index in [-0.39, 0.29) is 24.0 Å². The molecule has 2 rings (SSSR count). The maximum Gasteiger partial charge on any atom is 0.188 e. The Labute approximate surface area is 132 Å². The van der Waals surface area contributed by atoms with E-state index in [1.165, 1.54) is 38.5 Å². The van der Waals surface area contributed by atoms with Gasteiger partial charge in [0.25, 0.3) is 0 Å². The second-order valence-electron chi connectivity index (χ2n) is 4.90. The fraction of sp³-hybridized carbons (Fsp3) is 0.692. The van der Waals surface area contributed by atoms with Crippen molar-refractivity contribution in [1.29, 1.82) is 0 Å². The van der Waals surface area contributed by atoms with Crippen LogP contribution in [0.3, 0.4) is 0 Å². The van der Waals surface area contributed by atoms with Gasteiger partial charge in [0.05, 0.1) is 12.9 Å². The lowest BCUT2D eigenvalue weighted by molar-refractivity contribution is 0.529. The van der Waals surface area contributed by atoms with Crippen molar-refractivity contribution in [3.63, 3.8) is 0 Å². The van der Waals surface area contributed by atoms with E-state index in [9.17, 15) is 0 Å². The first-order valence-corrected chi connectivity index (χ1v) is 6.87. The van der Waals surface area contributed by atoms with Gasteiger partial charge in [0.15, 0.2) is 5.96 Å². The number of guanidine groups is 1. The first kappa shape index (κ1) is 16.3. The van der Waals surface area contributed by atoms with Gasteiger partial charge in [-0.25, -0.2) is 4.98 Å². The fourth-order valence-electron chi connectivity index (χ4n) is 2.38. The summed E-state index contributed by atoms with van der Waals surface area (Å²) in [6, 6.07) is 0.518. The normalized spacial score (nSPS) is 17.6. The zero-order valence-corrected chi connectivity index (χ0v) is 13.6. The maximum absolute atomic E-state index is 5.91. The Morgan fingerprint density at radius 3 is 2.68 bits per heavy atom. The average molecular weight is 377 g/mol. The predicted octanol–water partition coefficient (Wildman–Crippen LogP) is 2.13. The molecule has 0 bridgehead atoms. The molecule has 0 aliphatic heterocycles. The summed E-state index contributed by atoms with van der Waals surface area (Å²) in [5, 5.41) is 3.34. The standard InChI is InChI=1S/C13H23N5.HI/c14-13(16-8-10-18-9-7-15-11-18)17-12-5-3-1-2-4-6-12;/h7,9,11-12H,1-6,8,10H2,(H3,14,16,17);1H. The highest BCUT2D eigenvalue weighted by Crippen LogP contribution is 2.16. The lowest BCUT2D eigenvalue weighted by Crippen LogP contribution is -2.40. The third-order valence-electron chi connectivity index (χ3n) is 3.41. The molecule has 0 unspecified atom stereocenters. The number of aliphatic imine (C=N–C) groups is 1. The Morgan fingerprint density at radius 2 is 2.05 bits per heavy atom. The highest BCUT2D eigenvalue weighted by atomic mass is 127. The van der Waals surface area contributed by atoms with Crippen LogP contribution in [0.2, 0.25) is 0 Å². The molecule has 1 aromatic heterocycles. The molecule has 5 nitrogen and oxygen atoms in total. The maximum atomic E-state index is 5.91. The van der Waals surface area contributed by atoms with Crippen LogP contribution in [0.25, 0.3) is 0 Å². The molecular weight excluding hydrogens is 353 g/mol. The Morgan fingerprint density at radius 1 is 1.32 bits per heavy atom. The minimum absolute atomic E-state index is 0. The third kappa shape index (κ3) is 6.26. The van der Waals surface area contributed by atoms with Gasteiger partial charge in [-0.2, -0.15) is 0 Å². The first-order chi connectivity index (χ1) is 8.84. The third-order valence-corrected chi connectivity index (χ3v) is 3.41. The van der Waals surface area contributed by atoms with Crippen LogP contribution in [-0.4, -0.2) is 28.1 Å². The van der Waals surface area contributed by atoms with Gasteiger partial charge in [-0.3, -0.25) is 4.99 Å². The van der Waals surface area contributed by atoms with Gasteiger partial charge >= 0.3 is 0 Å². The van der Waals surface area contributed by atoms with Gasteiger partial charge in [0, 0.05) is 25.0 Å². The quantitative estimate of drug-likeness (QED) is 0.366. The predicted molar refractivity (Wildman–Crippen MR) is 88.8 cm³/mol. The van der Waals surface area contributed by atoms with Crippen LogP contribution in [0, 0.1) is 0 Å². The van der Waals surface area contributed by atoms with Gasteiger partial charge < -0.3 is 15.6 Å². The van der Waals surface area contributed by atoms with E-state index >= 15 is 0 Å². The van der Waals surface area contributed by atoms with E-state index in [1.54, 1.807) is 12.5 Å². The smallest absolute Gasteiger partial charge is 0.188 e. The molecule has 0 radical (unpaired) electrons. The molecule has 1 saturated carbocycles. The fourth-order valence-corrected chi connectivity index (χ4v) is 2.38. The van der Waals surface area contributed by atoms with Crippen molar-refractivity contribution in [1.82, 2.24) is 14.9 Å². The summed E-state index contributed by atoms with van der Waals surface area (Å²) >= 11 is 0. The van der Waals surface area contributed by atoms with Gasteiger partial charge in [0.2, 0.25) is 0 Å². The molecule has 19 heavy (non-hydrogen) atoms. The van der Waals surface area contributed by atoms with Crippen molar-refractivity contribution in [2.45, 2.75) is 51.1 Å². The molecule has 0 atom stereocenters. The van der Waals surface area contributed by atoms with Crippen LogP contribution < -0.4 is 11.1 Å². The first-order valence-electron chi connectivity index (χ1n) is 6.87. The summed E-state index contributed by atoms with van der Waals surface area (Å²) in [7, 11) is 0. The van der Waals surface area contributed by atoms with Crippen LogP contribution in [0.5, 0.6) is 0 Å². The Hall–Kier alpha value is -0.790. The second kappa shape index (κ2) is 9.17. The SMILES string of the molecule is I.NC(=NCCn1ccnc1)NC1CCCCCC1. The summed E-state index contributed by atoms with van der Waals surface area (Å²) in [4.78, 5) is 8.35. The highest BCUT2D eigenvalue weighted by molar-refractivity contribution is 14.0. The molecule has 0 amide bonds. The topological polar surface area (TPSA) is 68.2 Å². The summed E-state index contributed by atoms with van der Waals surface area (Å²) in [5.41, 5.74) is 5.91. The van der Waals surface area contributed by atoms with Crippen LogP contribution in [-0.2, 0) is 6.54 Å². The lowest BCUT2D eigenvalue weighted by Gasteiger charge is -2.16. The van der Waals surface area contributed by atoms with Crippen molar-refractivity contribution in [2.75, 3.05) is 6.54 Å². The van der Waals surface area contributed by atoms with E-state index in [0.29, 0.717) is 18.5 Å². The molecule has 1 aliphatic rings. The minimum atomic E-state index is 0. The zero-order chi connectivity index (χ0) is 12.6. The zero-order valence-electron chi connectivity index (χ0n) is 11.3. The average Bonchev–Trinajstić information content (AvgIpc) is 2.74. The number of imidazole rings is 1. The monoisotopic (exact) mass is 377 g/mol. The van der Waals surface area contributed by atoms with Gasteiger partial charge in [-0.1, -0.05) is 25.7 Å². The van der Waals surface area contributed by atoms with E-state index in [1.807, 2.05) is 10.8 Å². The van der Waals surface area contributed by atoms with E-state index in [4.69, 9.17) is 5.73 Å². The van der Waals surface area contributed by atoms with Crippen molar-refractivity contribution in [3.05, 3.63) is 18.7 Å². The molecule has 3 N–H and O–H groups in total. The summed E-state index contributed by atoms with van der Waals surface area (Å²) in [6.45, 7) is 1.52. The lowest BCUT2D eigenvalue weighted by atomic mass is 10.1. The second-order valence-corrected chi connectivity index (χ2v) is 4.90. The molecule has 1 aliphatic carbocycles. The van der Waals surface area contributed by atoms with Crippen molar-refractivity contribution in [3.8, 4) is 0 Å². The van der Waals surface area contributed by atoms with E-state index in [2.05, 4.69) is 15.3 Å². The van der Waals surface area contributed by atoms with Crippen LogP contribution in [0.1, 0.15) is 38.5 Å². The number of hydrogen-bond donors (Lipinski definition) is 2. The van der Waals surface area contributed by atoms with Crippen LogP contribution >= 0.6 is 24.0 Å². The van der Waals surface area contributed by atoms with Crippen molar-refractivity contribution in [2.24, 2.45) is 10.7 Å². The Bertz CT molecular complexity index is 355. The number of aromatic nitrogens is 2. The largest absolute Gasteiger partial charge is 0.370 e.